The van der Waals surface area contributed by atoms with Gasteiger partial charge in [0.05, 0.1) is 5.52 Å². The molecule has 3 nitrogen and oxygen atoms in total. The summed E-state index contributed by atoms with van der Waals surface area (Å²) in [6, 6.07) is 17.0. The molecule has 1 heterocycles. The van der Waals surface area contributed by atoms with Crippen LogP contribution in [0.5, 0.6) is 11.5 Å². The lowest BCUT2D eigenvalue weighted by atomic mass is 10.1. The Kier molecular flexibility index (Phi) is 2.94. The number of ether oxygens (including phenoxy) is 1. The van der Waals surface area contributed by atoms with Crippen molar-refractivity contribution in [3.05, 3.63) is 66.4 Å². The van der Waals surface area contributed by atoms with Crippen molar-refractivity contribution < 1.29 is 9.53 Å². The zero-order chi connectivity index (χ0) is 13.1. The molecule has 0 spiro atoms. The summed E-state index contributed by atoms with van der Waals surface area (Å²) in [5.41, 5.74) is 1.38. The van der Waals surface area contributed by atoms with Crippen LogP contribution in [-0.2, 0) is 0 Å². The molecule has 3 aromatic rings. The number of fused-ring (bicyclic) bond motifs is 1. The Morgan fingerprint density at radius 3 is 2.58 bits per heavy atom. The molecule has 2 aromatic carbocycles. The summed E-state index contributed by atoms with van der Waals surface area (Å²) >= 11 is 0. The molecular formula is C16H11NO2. The molecule has 0 aliphatic rings. The molecule has 19 heavy (non-hydrogen) atoms. The summed E-state index contributed by atoms with van der Waals surface area (Å²) in [6.07, 6.45) is 2.35. The van der Waals surface area contributed by atoms with Gasteiger partial charge in [0.25, 0.3) is 0 Å². The number of benzene rings is 2. The maximum atomic E-state index is 10.7. The lowest BCUT2D eigenvalue weighted by Gasteiger charge is -2.06. The highest BCUT2D eigenvalue weighted by molar-refractivity contribution is 5.86. The van der Waals surface area contributed by atoms with Gasteiger partial charge in [-0.05, 0) is 30.3 Å². The topological polar surface area (TPSA) is 39.2 Å². The Morgan fingerprint density at radius 1 is 0.947 bits per heavy atom. The van der Waals surface area contributed by atoms with Gasteiger partial charge in [0.1, 0.15) is 11.5 Å². The summed E-state index contributed by atoms with van der Waals surface area (Å²) in [5, 5.41) is 0.921. The van der Waals surface area contributed by atoms with Crippen LogP contribution in [0.4, 0.5) is 0 Å². The first kappa shape index (κ1) is 11.4. The average Bonchev–Trinajstić information content (AvgIpc) is 2.48. The molecule has 0 N–H and O–H groups in total. The number of hydrogen-bond acceptors (Lipinski definition) is 3. The molecule has 1 aromatic heterocycles. The molecule has 0 saturated carbocycles. The highest BCUT2D eigenvalue weighted by Gasteiger charge is 2.01. The first-order valence-corrected chi connectivity index (χ1v) is 5.93. The minimum atomic E-state index is 0.573. The van der Waals surface area contributed by atoms with Crippen LogP contribution in [0.2, 0.25) is 0 Å². The van der Waals surface area contributed by atoms with Crippen molar-refractivity contribution in [2.45, 2.75) is 0 Å². The number of aromatic nitrogens is 1. The highest BCUT2D eigenvalue weighted by Crippen LogP contribution is 2.24. The summed E-state index contributed by atoms with van der Waals surface area (Å²) in [6.45, 7) is 0. The van der Waals surface area contributed by atoms with Gasteiger partial charge in [-0.15, -0.1) is 0 Å². The second-order valence-corrected chi connectivity index (χ2v) is 4.16. The first-order valence-electron chi connectivity index (χ1n) is 5.93. The molecular weight excluding hydrogens is 238 g/mol. The van der Waals surface area contributed by atoms with E-state index >= 15 is 0 Å². The Balaban J connectivity index is 1.96. The number of para-hydroxylation sites is 1. The van der Waals surface area contributed by atoms with E-state index in [0.717, 1.165) is 28.7 Å². The van der Waals surface area contributed by atoms with Crippen molar-refractivity contribution in [3.8, 4) is 11.5 Å². The molecule has 0 amide bonds. The van der Waals surface area contributed by atoms with Crippen LogP contribution in [-0.4, -0.2) is 11.3 Å². The summed E-state index contributed by atoms with van der Waals surface area (Å²) in [4.78, 5) is 14.9. The predicted molar refractivity (Wildman–Crippen MR) is 73.6 cm³/mol. The van der Waals surface area contributed by atoms with Crippen LogP contribution in [0.15, 0.2) is 60.8 Å². The minimum absolute atomic E-state index is 0.573. The van der Waals surface area contributed by atoms with E-state index in [1.54, 1.807) is 6.20 Å². The van der Waals surface area contributed by atoms with Crippen LogP contribution >= 0.6 is 0 Å². The molecule has 3 rings (SSSR count). The van der Waals surface area contributed by atoms with Crippen molar-refractivity contribution in [3.63, 3.8) is 0 Å². The van der Waals surface area contributed by atoms with Gasteiger partial charge in [-0.1, -0.05) is 18.2 Å². The van der Waals surface area contributed by atoms with Crippen LogP contribution in [0.1, 0.15) is 10.4 Å². The third kappa shape index (κ3) is 2.45. The Hall–Kier alpha value is -2.68. The minimum Gasteiger partial charge on any atom is -0.457 e. The van der Waals surface area contributed by atoms with E-state index in [1.165, 1.54) is 0 Å². The second-order valence-electron chi connectivity index (χ2n) is 4.16. The van der Waals surface area contributed by atoms with Gasteiger partial charge in [0.15, 0.2) is 6.29 Å². The number of aldehydes is 1. The number of rotatable bonds is 3. The average molecular weight is 249 g/mol. The van der Waals surface area contributed by atoms with Crippen molar-refractivity contribution >= 4 is 17.2 Å². The SMILES string of the molecule is O=Cc1cnc2cc(Oc3ccccc3)ccc2c1. The van der Waals surface area contributed by atoms with Gasteiger partial charge in [-0.2, -0.15) is 0 Å². The van der Waals surface area contributed by atoms with Crippen LogP contribution < -0.4 is 4.74 Å². The number of pyridine rings is 1. The Labute approximate surface area is 110 Å². The predicted octanol–water partition coefficient (Wildman–Crippen LogP) is 3.84. The van der Waals surface area contributed by atoms with E-state index in [0.29, 0.717) is 5.56 Å². The largest absolute Gasteiger partial charge is 0.457 e. The number of carbonyl (C=O) groups is 1. The maximum Gasteiger partial charge on any atom is 0.151 e. The molecule has 0 bridgehead atoms. The van der Waals surface area contributed by atoms with Crippen LogP contribution in [0, 0.1) is 0 Å². The number of hydrogen-bond donors (Lipinski definition) is 0. The summed E-state index contributed by atoms with van der Waals surface area (Å²) in [5.74, 6) is 1.51. The van der Waals surface area contributed by atoms with Crippen LogP contribution in [0.3, 0.4) is 0 Å². The molecule has 0 radical (unpaired) electrons. The number of carbonyl (C=O) groups excluding carboxylic acids is 1. The van der Waals surface area contributed by atoms with Gasteiger partial charge in [-0.3, -0.25) is 9.78 Å². The monoisotopic (exact) mass is 249 g/mol. The number of nitrogens with zero attached hydrogens (tertiary/aromatic N) is 1. The maximum absolute atomic E-state index is 10.7. The fourth-order valence-corrected chi connectivity index (χ4v) is 1.87. The normalized spacial score (nSPS) is 10.3. The smallest absolute Gasteiger partial charge is 0.151 e. The third-order valence-electron chi connectivity index (χ3n) is 2.79. The van der Waals surface area contributed by atoms with Crippen molar-refractivity contribution in [1.29, 1.82) is 0 Å². The zero-order valence-corrected chi connectivity index (χ0v) is 10.1. The standard InChI is InChI=1S/C16H11NO2/c18-11-12-8-13-6-7-15(9-16(13)17-10-12)19-14-4-2-1-3-5-14/h1-11H. The molecule has 0 saturated heterocycles. The molecule has 3 heteroatoms. The molecule has 0 unspecified atom stereocenters. The molecule has 0 aliphatic carbocycles. The van der Waals surface area contributed by atoms with E-state index in [-0.39, 0.29) is 0 Å². The second kappa shape index (κ2) is 4.90. The van der Waals surface area contributed by atoms with Crippen molar-refractivity contribution in [2.75, 3.05) is 0 Å². The lowest BCUT2D eigenvalue weighted by molar-refractivity contribution is 0.112. The summed E-state index contributed by atoms with van der Waals surface area (Å²) < 4.78 is 5.73. The van der Waals surface area contributed by atoms with Gasteiger partial charge in [-0.25, -0.2) is 0 Å². The van der Waals surface area contributed by atoms with Gasteiger partial charge < -0.3 is 4.74 Å². The fraction of sp³-hybridized carbons (Fsp3) is 0. The van der Waals surface area contributed by atoms with Crippen LogP contribution in [0.25, 0.3) is 10.9 Å². The van der Waals surface area contributed by atoms with E-state index in [4.69, 9.17) is 4.74 Å². The molecule has 92 valence electrons. The third-order valence-corrected chi connectivity index (χ3v) is 2.79. The molecule has 0 aliphatic heterocycles. The lowest BCUT2D eigenvalue weighted by Crippen LogP contribution is -1.87. The van der Waals surface area contributed by atoms with Gasteiger partial charge in [0, 0.05) is 23.2 Å². The molecule has 0 fully saturated rings. The quantitative estimate of drug-likeness (QED) is 0.662. The van der Waals surface area contributed by atoms with Crippen molar-refractivity contribution in [2.24, 2.45) is 0 Å². The Morgan fingerprint density at radius 2 is 1.79 bits per heavy atom. The van der Waals surface area contributed by atoms with E-state index < -0.39 is 0 Å². The first-order chi connectivity index (χ1) is 9.35. The van der Waals surface area contributed by atoms with Crippen molar-refractivity contribution in [1.82, 2.24) is 4.98 Å². The zero-order valence-electron chi connectivity index (χ0n) is 10.1. The van der Waals surface area contributed by atoms with E-state index in [2.05, 4.69) is 4.98 Å². The fourth-order valence-electron chi connectivity index (χ4n) is 1.87. The van der Waals surface area contributed by atoms with E-state index in [9.17, 15) is 4.79 Å². The Bertz CT molecular complexity index is 723. The molecule has 0 atom stereocenters. The highest BCUT2D eigenvalue weighted by atomic mass is 16.5. The van der Waals surface area contributed by atoms with Gasteiger partial charge >= 0.3 is 0 Å². The van der Waals surface area contributed by atoms with E-state index in [1.807, 2.05) is 54.6 Å². The van der Waals surface area contributed by atoms with Gasteiger partial charge in [0.2, 0.25) is 0 Å². The summed E-state index contributed by atoms with van der Waals surface area (Å²) in [7, 11) is 0.